The number of hydrogen-bond acceptors (Lipinski definition) is 1. The van der Waals surface area contributed by atoms with Crippen molar-refractivity contribution in [3.8, 4) is 0 Å². The molecule has 0 saturated carbocycles. The van der Waals surface area contributed by atoms with Gasteiger partial charge in [0.15, 0.2) is 11.6 Å². The number of nitrogens with one attached hydrogen (secondary N) is 1. The molecule has 2 nitrogen and oxygen atoms in total. The number of benzene rings is 1. The molecule has 0 spiro atoms. The molecule has 2 aromatic rings. The molecule has 4 heteroatoms. The molecule has 0 radical (unpaired) electrons. The fourth-order valence-electron chi connectivity index (χ4n) is 2.28. The zero-order chi connectivity index (χ0) is 14.5. The quantitative estimate of drug-likeness (QED) is 0.848. The van der Waals surface area contributed by atoms with E-state index in [1.54, 1.807) is 6.07 Å². The van der Waals surface area contributed by atoms with Gasteiger partial charge in [-0.15, -0.1) is 0 Å². The van der Waals surface area contributed by atoms with E-state index in [0.717, 1.165) is 24.7 Å². The average molecular weight is 278 g/mol. The number of rotatable bonds is 6. The molecule has 2 rings (SSSR count). The Balaban J connectivity index is 2.18. The maximum Gasteiger partial charge on any atom is 0.163 e. The van der Waals surface area contributed by atoms with E-state index in [0.29, 0.717) is 12.1 Å². The van der Waals surface area contributed by atoms with Crippen LogP contribution in [0.1, 0.15) is 37.6 Å². The molecule has 0 aliphatic rings. The highest BCUT2D eigenvalue weighted by atomic mass is 19.2. The van der Waals surface area contributed by atoms with Crippen LogP contribution in [0.5, 0.6) is 0 Å². The van der Waals surface area contributed by atoms with Crippen molar-refractivity contribution in [3.05, 3.63) is 59.4 Å². The Morgan fingerprint density at radius 2 is 2.00 bits per heavy atom. The Bertz CT molecular complexity index is 563. The minimum Gasteiger partial charge on any atom is -0.345 e. The second-order valence-corrected chi connectivity index (χ2v) is 4.95. The third kappa shape index (κ3) is 3.25. The third-order valence-electron chi connectivity index (χ3n) is 3.38. The molecule has 1 aromatic heterocycles. The van der Waals surface area contributed by atoms with Crippen LogP contribution in [0.3, 0.4) is 0 Å². The van der Waals surface area contributed by atoms with Gasteiger partial charge in [-0.3, -0.25) is 0 Å². The van der Waals surface area contributed by atoms with Crippen LogP contribution in [0.25, 0.3) is 0 Å². The van der Waals surface area contributed by atoms with Gasteiger partial charge in [-0.1, -0.05) is 19.1 Å². The van der Waals surface area contributed by atoms with Gasteiger partial charge in [0.05, 0.1) is 6.54 Å². The zero-order valence-corrected chi connectivity index (χ0v) is 11.9. The smallest absolute Gasteiger partial charge is 0.163 e. The molecule has 1 N–H and O–H groups in total. The molecule has 20 heavy (non-hydrogen) atoms. The SMILES string of the molecule is CCCNC(C)c1cccn1Cc1cccc(F)c1F. The Kier molecular flexibility index (Phi) is 4.90. The summed E-state index contributed by atoms with van der Waals surface area (Å²) in [5, 5.41) is 3.40. The van der Waals surface area contributed by atoms with Crippen molar-refractivity contribution in [3.63, 3.8) is 0 Å². The van der Waals surface area contributed by atoms with Crippen LogP contribution in [0.4, 0.5) is 8.78 Å². The molecule has 1 unspecified atom stereocenters. The monoisotopic (exact) mass is 278 g/mol. The molecule has 0 fully saturated rings. The molecular formula is C16H20F2N2. The molecule has 0 aliphatic carbocycles. The zero-order valence-electron chi connectivity index (χ0n) is 11.9. The molecular weight excluding hydrogens is 258 g/mol. The van der Waals surface area contributed by atoms with Gasteiger partial charge in [-0.05, 0) is 38.1 Å². The summed E-state index contributed by atoms with van der Waals surface area (Å²) in [6.45, 7) is 5.45. The van der Waals surface area contributed by atoms with Crippen LogP contribution >= 0.6 is 0 Å². The number of aromatic nitrogens is 1. The third-order valence-corrected chi connectivity index (χ3v) is 3.38. The Labute approximate surface area is 118 Å². The van der Waals surface area contributed by atoms with Gasteiger partial charge in [0.1, 0.15) is 0 Å². The van der Waals surface area contributed by atoms with Crippen LogP contribution in [-0.2, 0) is 6.54 Å². The summed E-state index contributed by atoms with van der Waals surface area (Å²) < 4.78 is 28.9. The first kappa shape index (κ1) is 14.7. The average Bonchev–Trinajstić information content (AvgIpc) is 2.89. The van der Waals surface area contributed by atoms with E-state index < -0.39 is 11.6 Å². The van der Waals surface area contributed by atoms with Gasteiger partial charge in [-0.2, -0.15) is 0 Å². The highest BCUT2D eigenvalue weighted by Crippen LogP contribution is 2.18. The molecule has 1 atom stereocenters. The lowest BCUT2D eigenvalue weighted by Gasteiger charge is -2.17. The number of hydrogen-bond donors (Lipinski definition) is 1. The van der Waals surface area contributed by atoms with Crippen LogP contribution in [0.2, 0.25) is 0 Å². The van der Waals surface area contributed by atoms with Crippen molar-refractivity contribution in [2.75, 3.05) is 6.54 Å². The summed E-state index contributed by atoms with van der Waals surface area (Å²) in [7, 11) is 0. The molecule has 1 aromatic carbocycles. The summed E-state index contributed by atoms with van der Waals surface area (Å²) in [5.41, 5.74) is 1.44. The van der Waals surface area contributed by atoms with E-state index in [9.17, 15) is 8.78 Å². The highest BCUT2D eigenvalue weighted by Gasteiger charge is 2.12. The van der Waals surface area contributed by atoms with E-state index in [2.05, 4.69) is 19.2 Å². The molecule has 108 valence electrons. The summed E-state index contributed by atoms with van der Waals surface area (Å²) in [4.78, 5) is 0. The second-order valence-electron chi connectivity index (χ2n) is 4.95. The fraction of sp³-hybridized carbons (Fsp3) is 0.375. The van der Waals surface area contributed by atoms with Crippen LogP contribution < -0.4 is 5.32 Å². The van der Waals surface area contributed by atoms with E-state index in [4.69, 9.17) is 0 Å². The summed E-state index contributed by atoms with van der Waals surface area (Å²) in [6.07, 6.45) is 2.95. The van der Waals surface area contributed by atoms with E-state index in [1.807, 2.05) is 22.9 Å². The summed E-state index contributed by atoms with van der Waals surface area (Å²) in [5.74, 6) is -1.56. The number of halogens is 2. The predicted octanol–water partition coefficient (Wildman–Crippen LogP) is 3.88. The first-order valence-corrected chi connectivity index (χ1v) is 6.94. The topological polar surface area (TPSA) is 17.0 Å². The highest BCUT2D eigenvalue weighted by molar-refractivity contribution is 5.21. The Morgan fingerprint density at radius 3 is 2.75 bits per heavy atom. The van der Waals surface area contributed by atoms with Gasteiger partial charge in [0, 0.05) is 23.5 Å². The maximum absolute atomic E-state index is 13.7. The minimum absolute atomic E-state index is 0.182. The molecule has 0 saturated heterocycles. The predicted molar refractivity (Wildman–Crippen MR) is 76.6 cm³/mol. The van der Waals surface area contributed by atoms with E-state index in [-0.39, 0.29) is 6.04 Å². The minimum atomic E-state index is -0.798. The van der Waals surface area contributed by atoms with Crippen molar-refractivity contribution in [2.24, 2.45) is 0 Å². The Morgan fingerprint density at radius 1 is 1.20 bits per heavy atom. The van der Waals surface area contributed by atoms with Gasteiger partial charge in [-0.25, -0.2) is 8.78 Å². The van der Waals surface area contributed by atoms with Gasteiger partial charge in [0.25, 0.3) is 0 Å². The normalized spacial score (nSPS) is 12.6. The lowest BCUT2D eigenvalue weighted by atomic mass is 10.2. The second kappa shape index (κ2) is 6.66. The van der Waals surface area contributed by atoms with Crippen molar-refractivity contribution in [1.82, 2.24) is 9.88 Å². The van der Waals surface area contributed by atoms with E-state index >= 15 is 0 Å². The van der Waals surface area contributed by atoms with Gasteiger partial charge in [0.2, 0.25) is 0 Å². The first-order chi connectivity index (χ1) is 9.63. The van der Waals surface area contributed by atoms with Crippen LogP contribution in [0, 0.1) is 11.6 Å². The fourth-order valence-corrected chi connectivity index (χ4v) is 2.28. The number of nitrogens with zero attached hydrogens (tertiary/aromatic N) is 1. The standard InChI is InChI=1S/C16H20F2N2/c1-3-9-19-12(2)15-8-5-10-20(15)11-13-6-4-7-14(17)16(13)18/h4-8,10,12,19H,3,9,11H2,1-2H3. The van der Waals surface area contributed by atoms with Crippen LogP contribution in [-0.4, -0.2) is 11.1 Å². The molecule has 0 amide bonds. The molecule has 0 aliphatic heterocycles. The lowest BCUT2D eigenvalue weighted by molar-refractivity contribution is 0.489. The molecule has 1 heterocycles. The van der Waals surface area contributed by atoms with E-state index in [1.165, 1.54) is 6.07 Å². The largest absolute Gasteiger partial charge is 0.345 e. The Hall–Kier alpha value is -1.68. The van der Waals surface area contributed by atoms with Crippen molar-refractivity contribution >= 4 is 0 Å². The summed E-state index contributed by atoms with van der Waals surface area (Å²) >= 11 is 0. The molecule has 0 bridgehead atoms. The van der Waals surface area contributed by atoms with Gasteiger partial charge >= 0.3 is 0 Å². The van der Waals surface area contributed by atoms with Crippen LogP contribution in [0.15, 0.2) is 36.5 Å². The first-order valence-electron chi connectivity index (χ1n) is 6.94. The summed E-state index contributed by atoms with van der Waals surface area (Å²) in [6, 6.07) is 8.41. The van der Waals surface area contributed by atoms with Crippen molar-refractivity contribution in [2.45, 2.75) is 32.9 Å². The lowest BCUT2D eigenvalue weighted by Crippen LogP contribution is -2.22. The maximum atomic E-state index is 13.7. The van der Waals surface area contributed by atoms with Crippen molar-refractivity contribution < 1.29 is 8.78 Å². The van der Waals surface area contributed by atoms with Gasteiger partial charge < -0.3 is 9.88 Å². The van der Waals surface area contributed by atoms with Crippen molar-refractivity contribution in [1.29, 1.82) is 0 Å².